The van der Waals surface area contributed by atoms with E-state index >= 15 is 0 Å². The van der Waals surface area contributed by atoms with Crippen molar-refractivity contribution >= 4 is 17.7 Å². The van der Waals surface area contributed by atoms with E-state index in [1.165, 1.54) is 0 Å². The van der Waals surface area contributed by atoms with Gasteiger partial charge in [0.1, 0.15) is 0 Å². The molecule has 0 unspecified atom stereocenters. The summed E-state index contributed by atoms with van der Waals surface area (Å²) in [6, 6.07) is 0. The highest BCUT2D eigenvalue weighted by atomic mass is 32.2. The summed E-state index contributed by atoms with van der Waals surface area (Å²) in [5.41, 5.74) is 0. The van der Waals surface area contributed by atoms with Crippen molar-refractivity contribution < 1.29 is 4.79 Å². The van der Waals surface area contributed by atoms with Crippen LogP contribution in [0.4, 0.5) is 0 Å². The number of hydrogen-bond acceptors (Lipinski definition) is 2. The summed E-state index contributed by atoms with van der Waals surface area (Å²) in [5.74, 6) is 1.32. The van der Waals surface area contributed by atoms with Gasteiger partial charge in [-0.1, -0.05) is 0 Å². The first-order valence-electron chi connectivity index (χ1n) is 3.43. The third-order valence-electron chi connectivity index (χ3n) is 1.75. The first-order valence-corrected chi connectivity index (χ1v) is 4.42. The van der Waals surface area contributed by atoms with Crippen LogP contribution in [-0.2, 0) is 4.79 Å². The van der Waals surface area contributed by atoms with E-state index in [9.17, 15) is 4.79 Å². The first-order chi connectivity index (χ1) is 4.54. The van der Waals surface area contributed by atoms with E-state index < -0.39 is 0 Å². The van der Waals surface area contributed by atoms with Crippen LogP contribution in [0.15, 0.2) is 0 Å². The van der Waals surface area contributed by atoms with Gasteiger partial charge in [0.15, 0.2) is 0 Å². The van der Waals surface area contributed by atoms with E-state index in [1.54, 1.807) is 16.7 Å². The molecule has 0 N–H and O–H groups in total. The van der Waals surface area contributed by atoms with Gasteiger partial charge >= 0.3 is 0 Å². The Kier molecular flexibility index (Phi) is 1.95. The maximum absolute atomic E-state index is 11.4. The highest BCUT2D eigenvalue weighted by molar-refractivity contribution is 8.01. The molecule has 58 valence electrons. The molecule has 0 bridgehead atoms. The Labute approximate surface area is 66.0 Å². The van der Waals surface area contributed by atoms with Crippen molar-refractivity contribution in [2.45, 2.75) is 18.6 Å². The Morgan fingerprint density at radius 1 is 1.60 bits per heavy atom. The van der Waals surface area contributed by atoms with E-state index in [2.05, 4.69) is 0 Å². The average Bonchev–Trinajstić information content (AvgIpc) is 1.83. The quantitative estimate of drug-likeness (QED) is 0.525. The van der Waals surface area contributed by atoms with Gasteiger partial charge in [0.2, 0.25) is 5.91 Å². The Hall–Kier alpha value is -0.180. The van der Waals surface area contributed by atoms with E-state index in [4.69, 9.17) is 0 Å². The molecule has 1 heterocycles. The number of thioether (sulfide) groups is 1. The summed E-state index contributed by atoms with van der Waals surface area (Å²) in [6.07, 6.45) is 0. The van der Waals surface area contributed by atoms with Crippen molar-refractivity contribution in [3.63, 3.8) is 0 Å². The molecule has 0 aliphatic carbocycles. The van der Waals surface area contributed by atoms with Gasteiger partial charge in [-0.25, -0.2) is 0 Å². The van der Waals surface area contributed by atoms with E-state index in [0.29, 0.717) is 0 Å². The third-order valence-corrected chi connectivity index (χ3v) is 3.03. The molecule has 1 amide bonds. The van der Waals surface area contributed by atoms with Crippen molar-refractivity contribution in [3.05, 3.63) is 0 Å². The maximum Gasteiger partial charge on any atom is 0.238 e. The minimum atomic E-state index is -0.188. The molecular weight excluding hydrogens is 146 g/mol. The molecule has 1 fully saturated rings. The predicted molar refractivity (Wildman–Crippen MR) is 44.2 cm³/mol. The Bertz CT molecular complexity index is 156. The molecule has 1 aliphatic heterocycles. The van der Waals surface area contributed by atoms with Crippen molar-refractivity contribution in [2.24, 2.45) is 0 Å². The van der Waals surface area contributed by atoms with E-state index in [0.717, 1.165) is 12.3 Å². The van der Waals surface area contributed by atoms with Gasteiger partial charge in [0, 0.05) is 19.3 Å². The minimum Gasteiger partial charge on any atom is -0.344 e. The van der Waals surface area contributed by atoms with Crippen LogP contribution in [0.1, 0.15) is 13.8 Å². The summed E-state index contributed by atoms with van der Waals surface area (Å²) < 4.78 is -0.188. The van der Waals surface area contributed by atoms with Gasteiger partial charge in [-0.2, -0.15) is 0 Å². The van der Waals surface area contributed by atoms with Crippen molar-refractivity contribution in [1.29, 1.82) is 0 Å². The standard InChI is InChI=1S/C7H13NOS/c1-7(2)6(9)8(3)4-5-10-7/h4-5H2,1-3H3. The lowest BCUT2D eigenvalue weighted by Crippen LogP contribution is -2.46. The lowest BCUT2D eigenvalue weighted by Gasteiger charge is -2.34. The van der Waals surface area contributed by atoms with Crippen LogP contribution in [0.5, 0.6) is 0 Å². The fraction of sp³-hybridized carbons (Fsp3) is 0.857. The third kappa shape index (κ3) is 1.29. The molecule has 0 aromatic heterocycles. The second-order valence-electron chi connectivity index (χ2n) is 3.09. The molecule has 0 atom stereocenters. The molecule has 10 heavy (non-hydrogen) atoms. The van der Waals surface area contributed by atoms with Crippen LogP contribution in [-0.4, -0.2) is 34.9 Å². The zero-order chi connectivity index (χ0) is 7.78. The van der Waals surface area contributed by atoms with Gasteiger partial charge in [0.05, 0.1) is 4.75 Å². The van der Waals surface area contributed by atoms with Gasteiger partial charge < -0.3 is 4.90 Å². The van der Waals surface area contributed by atoms with Crippen LogP contribution in [0.3, 0.4) is 0 Å². The predicted octanol–water partition coefficient (Wildman–Crippen LogP) is 0.970. The molecule has 0 aromatic carbocycles. The largest absolute Gasteiger partial charge is 0.344 e. The van der Waals surface area contributed by atoms with Crippen molar-refractivity contribution in [3.8, 4) is 0 Å². The zero-order valence-electron chi connectivity index (χ0n) is 6.68. The highest BCUT2D eigenvalue weighted by Crippen LogP contribution is 2.29. The molecule has 2 nitrogen and oxygen atoms in total. The first kappa shape index (κ1) is 7.92. The molecule has 0 aromatic rings. The van der Waals surface area contributed by atoms with E-state index in [-0.39, 0.29) is 10.7 Å². The van der Waals surface area contributed by atoms with Crippen LogP contribution < -0.4 is 0 Å². The Morgan fingerprint density at radius 2 is 2.20 bits per heavy atom. The lowest BCUT2D eigenvalue weighted by atomic mass is 10.2. The molecule has 1 aliphatic rings. The molecule has 0 spiro atoms. The molecule has 1 rings (SSSR count). The summed E-state index contributed by atoms with van der Waals surface area (Å²) in [7, 11) is 1.86. The normalized spacial score (nSPS) is 25.1. The number of amides is 1. The fourth-order valence-electron chi connectivity index (χ4n) is 1.06. The number of rotatable bonds is 0. The van der Waals surface area contributed by atoms with Gasteiger partial charge in [-0.3, -0.25) is 4.79 Å². The minimum absolute atomic E-state index is 0.188. The molecular formula is C7H13NOS. The number of carbonyl (C=O) groups is 1. The van der Waals surface area contributed by atoms with Gasteiger partial charge in [0.25, 0.3) is 0 Å². The van der Waals surface area contributed by atoms with Gasteiger partial charge in [-0.05, 0) is 13.8 Å². The zero-order valence-corrected chi connectivity index (χ0v) is 7.49. The van der Waals surface area contributed by atoms with Gasteiger partial charge in [-0.15, -0.1) is 11.8 Å². The molecule has 0 saturated carbocycles. The monoisotopic (exact) mass is 159 g/mol. The Morgan fingerprint density at radius 3 is 2.60 bits per heavy atom. The lowest BCUT2D eigenvalue weighted by molar-refractivity contribution is -0.131. The smallest absolute Gasteiger partial charge is 0.238 e. The molecule has 3 heteroatoms. The van der Waals surface area contributed by atoms with E-state index in [1.807, 2.05) is 20.9 Å². The summed E-state index contributed by atoms with van der Waals surface area (Å²) in [4.78, 5) is 13.2. The number of hydrogen-bond donors (Lipinski definition) is 0. The van der Waals surface area contributed by atoms with Crippen LogP contribution in [0.25, 0.3) is 0 Å². The molecule has 1 saturated heterocycles. The van der Waals surface area contributed by atoms with Crippen LogP contribution in [0.2, 0.25) is 0 Å². The van der Waals surface area contributed by atoms with Crippen LogP contribution >= 0.6 is 11.8 Å². The highest BCUT2D eigenvalue weighted by Gasteiger charge is 2.34. The second-order valence-corrected chi connectivity index (χ2v) is 4.80. The summed E-state index contributed by atoms with van der Waals surface area (Å²) in [6.45, 7) is 4.86. The average molecular weight is 159 g/mol. The fourth-order valence-corrected chi connectivity index (χ4v) is 2.22. The Balaban J connectivity index is 2.70. The van der Waals surface area contributed by atoms with Crippen molar-refractivity contribution in [1.82, 2.24) is 4.90 Å². The molecule has 0 radical (unpaired) electrons. The SMILES string of the molecule is CN1CCSC(C)(C)C1=O. The number of nitrogens with zero attached hydrogens (tertiary/aromatic N) is 1. The second kappa shape index (κ2) is 2.46. The summed E-state index contributed by atoms with van der Waals surface area (Å²) in [5, 5.41) is 0. The maximum atomic E-state index is 11.4. The van der Waals surface area contributed by atoms with Crippen LogP contribution in [0, 0.1) is 0 Å². The van der Waals surface area contributed by atoms with Crippen molar-refractivity contribution in [2.75, 3.05) is 19.3 Å². The topological polar surface area (TPSA) is 20.3 Å². The summed E-state index contributed by atoms with van der Waals surface area (Å²) >= 11 is 1.74. The number of carbonyl (C=O) groups excluding carboxylic acids is 1.